The van der Waals surface area contributed by atoms with E-state index < -0.39 is 0 Å². The Bertz CT molecular complexity index is 1180. The molecule has 0 aliphatic heterocycles. The molecule has 0 saturated carbocycles. The van der Waals surface area contributed by atoms with Crippen LogP contribution < -0.4 is 0 Å². The number of rotatable bonds is 3. The minimum Gasteiger partial charge on any atom is -0.244 e. The predicted molar refractivity (Wildman–Crippen MR) is 112 cm³/mol. The summed E-state index contributed by atoms with van der Waals surface area (Å²) in [5, 5.41) is 5.60. The molecular weight excluding hydrogens is 356 g/mol. The molecule has 0 N–H and O–H groups in total. The molecule has 2 aromatic heterocycles. The summed E-state index contributed by atoms with van der Waals surface area (Å²) in [6.45, 7) is 0. The summed E-state index contributed by atoms with van der Waals surface area (Å²) < 4.78 is 0. The first-order chi connectivity index (χ1) is 12.9. The third-order valence-electron chi connectivity index (χ3n) is 4.38. The van der Waals surface area contributed by atoms with Crippen LogP contribution in [0, 0.1) is 0 Å². The van der Waals surface area contributed by atoms with Gasteiger partial charge in [-0.1, -0.05) is 72.8 Å². The maximum Gasteiger partial charge on any atom is 0.136 e. The van der Waals surface area contributed by atoms with Gasteiger partial charge in [-0.05, 0) is 10.8 Å². The van der Waals surface area contributed by atoms with Crippen LogP contribution in [0.4, 0.5) is 0 Å². The van der Waals surface area contributed by atoms with E-state index in [1.165, 1.54) is 10.8 Å². The van der Waals surface area contributed by atoms with Gasteiger partial charge in [0.05, 0.1) is 21.8 Å². The Hall–Kier alpha value is -2.82. The van der Waals surface area contributed by atoms with E-state index in [2.05, 4.69) is 65.0 Å². The number of hydrogen-bond acceptors (Lipinski definition) is 4. The van der Waals surface area contributed by atoms with Crippen LogP contribution >= 0.6 is 22.7 Å². The smallest absolute Gasteiger partial charge is 0.136 e. The van der Waals surface area contributed by atoms with Crippen molar-refractivity contribution in [1.29, 1.82) is 0 Å². The number of hydrogen-bond donors (Lipinski definition) is 0. The van der Waals surface area contributed by atoms with E-state index in [9.17, 15) is 0 Å². The van der Waals surface area contributed by atoms with Crippen LogP contribution in [-0.2, 0) is 0 Å². The lowest BCUT2D eigenvalue weighted by Crippen LogP contribution is -1.84. The van der Waals surface area contributed by atoms with Crippen LogP contribution in [-0.4, -0.2) is 9.97 Å². The second kappa shape index (κ2) is 6.48. The number of nitrogens with zero attached hydrogens (tertiary/aromatic N) is 2. The van der Waals surface area contributed by atoms with Gasteiger partial charge in [-0.25, -0.2) is 9.97 Å². The second-order valence-electron chi connectivity index (χ2n) is 5.96. The summed E-state index contributed by atoms with van der Waals surface area (Å²) in [6, 6.07) is 25.1. The monoisotopic (exact) mass is 370 g/mol. The Balaban J connectivity index is 1.63. The van der Waals surface area contributed by atoms with Crippen LogP contribution in [0.2, 0.25) is 0 Å². The third kappa shape index (κ3) is 2.64. The SMILES string of the molecule is c1ccc(-c2csc(-c3scnc3-c3cccc4ccccc34)n2)cc1. The largest absolute Gasteiger partial charge is 0.244 e. The van der Waals surface area contributed by atoms with E-state index in [0.717, 1.165) is 32.4 Å². The van der Waals surface area contributed by atoms with Crippen molar-refractivity contribution in [3.8, 4) is 32.4 Å². The highest BCUT2D eigenvalue weighted by Crippen LogP contribution is 2.40. The predicted octanol–water partition coefficient (Wildman–Crippen LogP) is 6.75. The maximum absolute atomic E-state index is 4.88. The molecule has 0 atom stereocenters. The fraction of sp³-hybridized carbons (Fsp3) is 0. The number of benzene rings is 3. The molecule has 0 radical (unpaired) electrons. The normalized spacial score (nSPS) is 11.1. The molecule has 0 amide bonds. The van der Waals surface area contributed by atoms with Gasteiger partial charge in [0, 0.05) is 16.5 Å². The Labute approximate surface area is 159 Å². The first-order valence-electron chi connectivity index (χ1n) is 8.33. The highest BCUT2D eigenvalue weighted by Gasteiger charge is 2.16. The van der Waals surface area contributed by atoms with E-state index in [1.807, 2.05) is 23.7 Å². The van der Waals surface area contributed by atoms with Crippen molar-refractivity contribution >= 4 is 33.4 Å². The summed E-state index contributed by atoms with van der Waals surface area (Å²) in [4.78, 5) is 10.7. The van der Waals surface area contributed by atoms with Gasteiger partial charge < -0.3 is 0 Å². The lowest BCUT2D eigenvalue weighted by Gasteiger charge is -2.05. The molecule has 0 unspecified atom stereocenters. The zero-order chi connectivity index (χ0) is 17.3. The Morgan fingerprint density at radius 3 is 2.46 bits per heavy atom. The molecule has 2 nitrogen and oxygen atoms in total. The van der Waals surface area contributed by atoms with Gasteiger partial charge in [0.15, 0.2) is 0 Å². The third-order valence-corrected chi connectivity index (χ3v) is 6.20. The average molecular weight is 371 g/mol. The van der Waals surface area contributed by atoms with Crippen molar-refractivity contribution in [2.24, 2.45) is 0 Å². The van der Waals surface area contributed by atoms with Crippen molar-refractivity contribution in [1.82, 2.24) is 9.97 Å². The van der Waals surface area contributed by atoms with E-state index in [0.29, 0.717) is 0 Å². The van der Waals surface area contributed by atoms with Gasteiger partial charge in [0.25, 0.3) is 0 Å². The maximum atomic E-state index is 4.88. The van der Waals surface area contributed by atoms with Crippen molar-refractivity contribution in [3.05, 3.63) is 83.7 Å². The Morgan fingerprint density at radius 2 is 1.54 bits per heavy atom. The molecule has 5 rings (SSSR count). The van der Waals surface area contributed by atoms with Gasteiger partial charge in [-0.15, -0.1) is 22.7 Å². The topological polar surface area (TPSA) is 25.8 Å². The molecule has 0 fully saturated rings. The Morgan fingerprint density at radius 1 is 0.731 bits per heavy atom. The second-order valence-corrected chi connectivity index (χ2v) is 7.67. The molecule has 3 aromatic carbocycles. The fourth-order valence-corrected chi connectivity index (χ4v) is 4.88. The van der Waals surface area contributed by atoms with Gasteiger partial charge in [0.1, 0.15) is 5.01 Å². The standard InChI is InChI=1S/C22H14N2S2/c1-2-8-16(9-3-1)19-13-25-22(24-19)21-20(23-14-26-21)18-12-6-10-15-7-4-5-11-17(15)18/h1-14H. The number of fused-ring (bicyclic) bond motifs is 1. The molecule has 2 heterocycles. The first kappa shape index (κ1) is 15.4. The molecule has 0 aliphatic carbocycles. The van der Waals surface area contributed by atoms with Crippen LogP contribution in [0.25, 0.3) is 43.2 Å². The van der Waals surface area contributed by atoms with Gasteiger partial charge in [-0.3, -0.25) is 0 Å². The molecule has 4 heteroatoms. The summed E-state index contributed by atoms with van der Waals surface area (Å²) in [7, 11) is 0. The van der Waals surface area contributed by atoms with E-state index in [1.54, 1.807) is 22.7 Å². The quantitative estimate of drug-likeness (QED) is 0.351. The minimum absolute atomic E-state index is 1.01. The molecule has 0 bridgehead atoms. The first-order valence-corrected chi connectivity index (χ1v) is 10.1. The molecule has 0 spiro atoms. The lowest BCUT2D eigenvalue weighted by molar-refractivity contribution is 1.39. The number of thiazole rings is 2. The van der Waals surface area contributed by atoms with Gasteiger partial charge in [-0.2, -0.15) is 0 Å². The van der Waals surface area contributed by atoms with Crippen LogP contribution in [0.1, 0.15) is 0 Å². The molecule has 26 heavy (non-hydrogen) atoms. The van der Waals surface area contributed by atoms with Crippen molar-refractivity contribution in [2.75, 3.05) is 0 Å². The summed E-state index contributed by atoms with van der Waals surface area (Å²) in [6.07, 6.45) is 0. The van der Waals surface area contributed by atoms with Crippen molar-refractivity contribution < 1.29 is 0 Å². The zero-order valence-electron chi connectivity index (χ0n) is 13.8. The summed E-state index contributed by atoms with van der Waals surface area (Å²) >= 11 is 3.33. The Kier molecular flexibility index (Phi) is 3.85. The highest BCUT2D eigenvalue weighted by molar-refractivity contribution is 7.20. The van der Waals surface area contributed by atoms with Crippen molar-refractivity contribution in [2.45, 2.75) is 0 Å². The lowest BCUT2D eigenvalue weighted by atomic mass is 10.0. The zero-order valence-corrected chi connectivity index (χ0v) is 15.4. The van der Waals surface area contributed by atoms with Gasteiger partial charge in [0.2, 0.25) is 0 Å². The van der Waals surface area contributed by atoms with Crippen LogP contribution in [0.5, 0.6) is 0 Å². The van der Waals surface area contributed by atoms with Crippen LogP contribution in [0.15, 0.2) is 83.7 Å². The molecule has 5 aromatic rings. The van der Waals surface area contributed by atoms with Gasteiger partial charge >= 0.3 is 0 Å². The van der Waals surface area contributed by atoms with E-state index in [-0.39, 0.29) is 0 Å². The van der Waals surface area contributed by atoms with Crippen molar-refractivity contribution in [3.63, 3.8) is 0 Å². The van der Waals surface area contributed by atoms with E-state index >= 15 is 0 Å². The molecular formula is C22H14N2S2. The number of aromatic nitrogens is 2. The summed E-state index contributed by atoms with van der Waals surface area (Å²) in [5.41, 5.74) is 6.25. The fourth-order valence-electron chi connectivity index (χ4n) is 3.14. The highest BCUT2D eigenvalue weighted by atomic mass is 32.1. The molecule has 124 valence electrons. The molecule has 0 aliphatic rings. The average Bonchev–Trinajstić information content (AvgIpc) is 3.37. The minimum atomic E-state index is 1.01. The van der Waals surface area contributed by atoms with Crippen LogP contribution in [0.3, 0.4) is 0 Å². The summed E-state index contributed by atoms with van der Waals surface area (Å²) in [5.74, 6) is 0. The molecule has 0 saturated heterocycles. The van der Waals surface area contributed by atoms with E-state index in [4.69, 9.17) is 4.98 Å².